The van der Waals surface area contributed by atoms with E-state index in [0.29, 0.717) is 5.02 Å². The third kappa shape index (κ3) is 4.77. The largest absolute Gasteiger partial charge is 0.319 e. The third-order valence-corrected chi connectivity index (χ3v) is 4.30. The van der Waals surface area contributed by atoms with E-state index in [9.17, 15) is 4.39 Å². The molecule has 0 fully saturated rings. The van der Waals surface area contributed by atoms with Crippen LogP contribution in [-0.2, 0) is 6.42 Å². The van der Waals surface area contributed by atoms with Crippen molar-refractivity contribution in [2.75, 3.05) is 13.6 Å². The number of unbranched alkanes of at least 4 members (excludes halogenated alkanes) is 1. The summed E-state index contributed by atoms with van der Waals surface area (Å²) < 4.78 is 13.4. The first-order chi connectivity index (χ1) is 9.06. The Kier molecular flexibility index (Phi) is 6.81. The van der Waals surface area contributed by atoms with Gasteiger partial charge in [0, 0.05) is 11.6 Å². The molecule has 19 heavy (non-hydrogen) atoms. The number of nitrogens with one attached hydrogen (secondary N) is 1. The van der Waals surface area contributed by atoms with E-state index >= 15 is 0 Å². The highest BCUT2D eigenvalue weighted by Gasteiger charge is 2.28. The van der Waals surface area contributed by atoms with Crippen molar-refractivity contribution < 1.29 is 4.39 Å². The Bertz CT molecular complexity index is 394. The van der Waals surface area contributed by atoms with Crippen LogP contribution in [0.25, 0.3) is 0 Å². The van der Waals surface area contributed by atoms with Gasteiger partial charge >= 0.3 is 0 Å². The molecule has 0 saturated carbocycles. The zero-order valence-corrected chi connectivity index (χ0v) is 13.0. The zero-order chi connectivity index (χ0) is 14.3. The normalized spacial score (nSPS) is 14.4. The Labute approximate surface area is 121 Å². The number of benzene rings is 1. The van der Waals surface area contributed by atoms with Crippen LogP contribution in [0.2, 0.25) is 5.02 Å². The number of hydrogen-bond acceptors (Lipinski definition) is 1. The molecule has 1 atom stereocenters. The summed E-state index contributed by atoms with van der Waals surface area (Å²) in [5.41, 5.74) is 1.09. The number of rotatable bonds is 8. The molecule has 1 aromatic carbocycles. The smallest absolute Gasteiger partial charge is 0.123 e. The third-order valence-electron chi connectivity index (χ3n) is 3.94. The summed E-state index contributed by atoms with van der Waals surface area (Å²) in [7, 11) is 1.98. The van der Waals surface area contributed by atoms with Crippen LogP contribution < -0.4 is 5.32 Å². The molecule has 0 aliphatic rings. The molecule has 0 heterocycles. The summed E-state index contributed by atoms with van der Waals surface area (Å²) in [5, 5.41) is 3.96. The van der Waals surface area contributed by atoms with Crippen molar-refractivity contribution in [3.05, 3.63) is 34.6 Å². The van der Waals surface area contributed by atoms with E-state index in [1.54, 1.807) is 12.1 Å². The summed E-state index contributed by atoms with van der Waals surface area (Å²) in [5.74, 6) is -0.204. The lowest BCUT2D eigenvalue weighted by atomic mass is 9.75. The van der Waals surface area contributed by atoms with Gasteiger partial charge in [-0.2, -0.15) is 0 Å². The fourth-order valence-electron chi connectivity index (χ4n) is 2.68. The van der Waals surface area contributed by atoms with Gasteiger partial charge in [0.15, 0.2) is 0 Å². The van der Waals surface area contributed by atoms with Crippen molar-refractivity contribution in [1.82, 2.24) is 5.32 Å². The van der Waals surface area contributed by atoms with Crippen molar-refractivity contribution >= 4 is 11.6 Å². The molecule has 0 aliphatic heterocycles. The fourth-order valence-corrected chi connectivity index (χ4v) is 2.86. The second-order valence-corrected chi connectivity index (χ2v) is 5.81. The van der Waals surface area contributed by atoms with Crippen LogP contribution in [0.5, 0.6) is 0 Å². The van der Waals surface area contributed by atoms with E-state index in [2.05, 4.69) is 19.2 Å². The van der Waals surface area contributed by atoms with Crippen molar-refractivity contribution in [2.24, 2.45) is 5.41 Å². The molecule has 1 N–H and O–H groups in total. The summed E-state index contributed by atoms with van der Waals surface area (Å²) in [6.07, 6.45) is 5.43. The number of hydrogen-bond donors (Lipinski definition) is 1. The van der Waals surface area contributed by atoms with Crippen molar-refractivity contribution in [2.45, 2.75) is 46.0 Å². The van der Waals surface area contributed by atoms with Gasteiger partial charge in [-0.05, 0) is 55.5 Å². The zero-order valence-electron chi connectivity index (χ0n) is 12.2. The lowest BCUT2D eigenvalue weighted by Crippen LogP contribution is -2.34. The van der Waals surface area contributed by atoms with Crippen molar-refractivity contribution in [3.8, 4) is 0 Å². The monoisotopic (exact) mass is 285 g/mol. The minimum atomic E-state index is -0.204. The van der Waals surface area contributed by atoms with Crippen LogP contribution in [0.15, 0.2) is 18.2 Å². The van der Waals surface area contributed by atoms with Gasteiger partial charge < -0.3 is 5.32 Å². The molecule has 0 spiro atoms. The Morgan fingerprint density at radius 3 is 2.63 bits per heavy atom. The topological polar surface area (TPSA) is 12.0 Å². The molecular weight excluding hydrogens is 261 g/mol. The summed E-state index contributed by atoms with van der Waals surface area (Å²) in [6, 6.07) is 4.66. The van der Waals surface area contributed by atoms with E-state index in [0.717, 1.165) is 31.4 Å². The Morgan fingerprint density at radius 1 is 1.32 bits per heavy atom. The van der Waals surface area contributed by atoms with E-state index in [1.807, 2.05) is 7.05 Å². The second kappa shape index (κ2) is 7.86. The molecule has 0 aromatic heterocycles. The molecule has 0 bridgehead atoms. The molecule has 0 saturated heterocycles. The van der Waals surface area contributed by atoms with E-state index in [-0.39, 0.29) is 11.2 Å². The Balaban J connectivity index is 2.94. The van der Waals surface area contributed by atoms with Crippen molar-refractivity contribution in [3.63, 3.8) is 0 Å². The maximum atomic E-state index is 13.4. The lowest BCUT2D eigenvalue weighted by Gasteiger charge is -2.33. The van der Waals surface area contributed by atoms with Gasteiger partial charge in [0.2, 0.25) is 0 Å². The van der Waals surface area contributed by atoms with Crippen LogP contribution in [0, 0.1) is 11.2 Å². The first-order valence-electron chi connectivity index (χ1n) is 7.15. The highest BCUT2D eigenvalue weighted by Crippen LogP contribution is 2.34. The molecule has 0 radical (unpaired) electrons. The van der Waals surface area contributed by atoms with E-state index < -0.39 is 0 Å². The van der Waals surface area contributed by atoms with Crippen molar-refractivity contribution in [1.29, 1.82) is 0 Å². The Hall–Kier alpha value is -0.600. The fraction of sp³-hybridized carbons (Fsp3) is 0.625. The Morgan fingerprint density at radius 2 is 2.05 bits per heavy atom. The molecule has 1 nitrogen and oxygen atoms in total. The van der Waals surface area contributed by atoms with Gasteiger partial charge in [-0.15, -0.1) is 0 Å². The SMILES string of the molecule is CCCCC(CC)(CNC)Cc1cc(F)ccc1Cl. The van der Waals surface area contributed by atoms with Gasteiger partial charge in [0.1, 0.15) is 5.82 Å². The average molecular weight is 286 g/mol. The predicted octanol–water partition coefficient (Wildman–Crippen LogP) is 4.83. The van der Waals surface area contributed by atoms with Crippen LogP contribution in [0.3, 0.4) is 0 Å². The summed E-state index contributed by atoms with van der Waals surface area (Å²) >= 11 is 6.21. The van der Waals surface area contributed by atoms with Gasteiger partial charge in [0.25, 0.3) is 0 Å². The molecule has 1 rings (SSSR count). The maximum Gasteiger partial charge on any atom is 0.123 e. The first-order valence-corrected chi connectivity index (χ1v) is 7.53. The number of halogens is 2. The van der Waals surface area contributed by atoms with Gasteiger partial charge in [-0.25, -0.2) is 4.39 Å². The van der Waals surface area contributed by atoms with Gasteiger partial charge in [-0.3, -0.25) is 0 Å². The van der Waals surface area contributed by atoms with E-state index in [4.69, 9.17) is 11.6 Å². The molecule has 108 valence electrons. The minimum Gasteiger partial charge on any atom is -0.319 e. The highest BCUT2D eigenvalue weighted by atomic mass is 35.5. The molecule has 0 aliphatic carbocycles. The standard InChI is InChI=1S/C16H25ClFN/c1-4-6-9-16(5-2,12-19-3)11-13-10-14(18)7-8-15(13)17/h7-8,10,19H,4-6,9,11-12H2,1-3H3. The molecule has 3 heteroatoms. The van der Waals surface area contributed by atoms with Crippen LogP contribution in [0.4, 0.5) is 4.39 Å². The average Bonchev–Trinajstić information content (AvgIpc) is 2.40. The van der Waals surface area contributed by atoms with Crippen LogP contribution in [-0.4, -0.2) is 13.6 Å². The van der Waals surface area contributed by atoms with Gasteiger partial charge in [-0.1, -0.05) is 38.3 Å². The summed E-state index contributed by atoms with van der Waals surface area (Å²) in [4.78, 5) is 0. The van der Waals surface area contributed by atoms with E-state index in [1.165, 1.54) is 18.9 Å². The predicted molar refractivity (Wildman–Crippen MR) is 81.3 cm³/mol. The molecule has 1 unspecified atom stereocenters. The highest BCUT2D eigenvalue weighted by molar-refractivity contribution is 6.31. The first kappa shape index (κ1) is 16.5. The summed E-state index contributed by atoms with van der Waals surface area (Å²) in [6.45, 7) is 5.35. The second-order valence-electron chi connectivity index (χ2n) is 5.40. The quantitative estimate of drug-likeness (QED) is 0.721. The van der Waals surface area contributed by atoms with Gasteiger partial charge in [0.05, 0.1) is 0 Å². The maximum absolute atomic E-state index is 13.4. The molecule has 0 amide bonds. The van der Waals surface area contributed by atoms with Crippen LogP contribution in [0.1, 0.15) is 45.1 Å². The molecule has 1 aromatic rings. The lowest BCUT2D eigenvalue weighted by molar-refractivity contribution is 0.234. The van der Waals surface area contributed by atoms with Crippen LogP contribution >= 0.6 is 11.6 Å². The molecular formula is C16H25ClFN. The minimum absolute atomic E-state index is 0.169.